The normalized spacial score (nSPS) is 15.7. The quantitative estimate of drug-likeness (QED) is 0.523. The summed E-state index contributed by atoms with van der Waals surface area (Å²) in [5, 5.41) is 2.89. The average Bonchev–Trinajstić information content (AvgIpc) is 3.36. The van der Waals surface area contributed by atoms with Crippen molar-refractivity contribution >= 4 is 15.9 Å². The van der Waals surface area contributed by atoms with Crippen molar-refractivity contribution in [2.24, 2.45) is 0 Å². The van der Waals surface area contributed by atoms with Crippen LogP contribution in [0.25, 0.3) is 0 Å². The zero-order chi connectivity index (χ0) is 23.3. The van der Waals surface area contributed by atoms with E-state index in [9.17, 15) is 13.2 Å². The van der Waals surface area contributed by atoms with Gasteiger partial charge in [-0.25, -0.2) is 8.42 Å². The number of benzene rings is 1. The highest BCUT2D eigenvalue weighted by Crippen LogP contribution is 2.22. The maximum atomic E-state index is 12.8. The molecule has 0 saturated carbocycles. The number of ether oxygens (including phenoxy) is 2. The van der Waals surface area contributed by atoms with E-state index in [0.29, 0.717) is 38.7 Å². The lowest BCUT2D eigenvalue weighted by Crippen LogP contribution is -2.40. The second-order valence-electron chi connectivity index (χ2n) is 7.64. The molecule has 3 heterocycles. The molecule has 0 spiro atoms. The molecule has 1 amide bonds. The number of hydrogen-bond acceptors (Lipinski definition) is 6. The Morgan fingerprint density at radius 2 is 2.03 bits per heavy atom. The van der Waals surface area contributed by atoms with Crippen molar-refractivity contribution in [1.82, 2.24) is 19.6 Å². The van der Waals surface area contributed by atoms with Crippen LogP contribution in [0.5, 0.6) is 5.75 Å². The van der Waals surface area contributed by atoms with E-state index in [0.717, 1.165) is 11.3 Å². The lowest BCUT2D eigenvalue weighted by Gasteiger charge is -2.25. The fourth-order valence-corrected chi connectivity index (χ4v) is 4.87. The number of carbonyl (C=O) groups is 1. The number of rotatable bonds is 8. The second-order valence-corrected chi connectivity index (χ2v) is 9.58. The first kappa shape index (κ1) is 23.0. The van der Waals surface area contributed by atoms with Gasteiger partial charge in [0.05, 0.1) is 24.9 Å². The van der Waals surface area contributed by atoms with Crippen LogP contribution in [-0.2, 0) is 21.4 Å². The summed E-state index contributed by atoms with van der Waals surface area (Å²) in [7, 11) is -3.67. The van der Waals surface area contributed by atoms with Crippen LogP contribution in [0.4, 0.5) is 0 Å². The van der Waals surface area contributed by atoms with Gasteiger partial charge in [0.15, 0.2) is 0 Å². The Balaban J connectivity index is 1.39. The molecule has 174 valence electrons. The number of carbonyl (C=O) groups excluding carboxylic acids is 1. The number of H-pyrrole nitrogens is 1. The summed E-state index contributed by atoms with van der Waals surface area (Å²) in [6.45, 7) is 3.51. The number of sulfonamides is 1. The number of pyridine rings is 1. The Bertz CT molecular complexity index is 1190. The highest BCUT2D eigenvalue weighted by molar-refractivity contribution is 7.89. The van der Waals surface area contributed by atoms with Crippen molar-refractivity contribution in [3.8, 4) is 5.75 Å². The van der Waals surface area contributed by atoms with Gasteiger partial charge in [-0.05, 0) is 42.8 Å². The van der Waals surface area contributed by atoms with E-state index in [-0.39, 0.29) is 16.6 Å². The molecule has 3 aromatic rings. The van der Waals surface area contributed by atoms with E-state index >= 15 is 0 Å². The summed E-state index contributed by atoms with van der Waals surface area (Å²) in [4.78, 5) is 19.8. The van der Waals surface area contributed by atoms with E-state index in [4.69, 9.17) is 9.47 Å². The molecule has 10 heteroatoms. The lowest BCUT2D eigenvalue weighted by atomic mass is 10.1. The van der Waals surface area contributed by atoms with Gasteiger partial charge >= 0.3 is 0 Å². The molecule has 2 aromatic heterocycles. The second kappa shape index (κ2) is 10.2. The fourth-order valence-electron chi connectivity index (χ4n) is 3.46. The van der Waals surface area contributed by atoms with E-state index in [1.165, 1.54) is 16.6 Å². The summed E-state index contributed by atoms with van der Waals surface area (Å²) in [6, 6.07) is 14.1. The number of hydrogen-bond donors (Lipinski definition) is 2. The number of nitrogens with zero attached hydrogens (tertiary/aromatic N) is 2. The van der Waals surface area contributed by atoms with Crippen LogP contribution in [0.2, 0.25) is 0 Å². The SMILES string of the molecule is CC(NC(=O)c1cc(S(=O)(=O)N2CCOCC2)c[nH]1)c1cccc(OCc2ccccn2)c1. The van der Waals surface area contributed by atoms with E-state index in [1.807, 2.05) is 49.4 Å². The minimum Gasteiger partial charge on any atom is -0.487 e. The molecule has 1 atom stereocenters. The number of aromatic nitrogens is 2. The van der Waals surface area contributed by atoms with Crippen LogP contribution < -0.4 is 10.1 Å². The third kappa shape index (κ3) is 5.59. The van der Waals surface area contributed by atoms with Crippen molar-refractivity contribution in [3.05, 3.63) is 77.9 Å². The number of nitrogens with one attached hydrogen (secondary N) is 2. The molecule has 0 aliphatic carbocycles. The maximum Gasteiger partial charge on any atom is 0.268 e. The van der Waals surface area contributed by atoms with Crippen LogP contribution in [0, 0.1) is 0 Å². The highest BCUT2D eigenvalue weighted by atomic mass is 32.2. The van der Waals surface area contributed by atoms with Gasteiger partial charge in [-0.15, -0.1) is 0 Å². The smallest absolute Gasteiger partial charge is 0.268 e. The minimum absolute atomic E-state index is 0.0621. The molecule has 1 saturated heterocycles. The Labute approximate surface area is 192 Å². The third-order valence-corrected chi connectivity index (χ3v) is 7.20. The van der Waals surface area contributed by atoms with Gasteiger partial charge in [-0.1, -0.05) is 18.2 Å². The molecule has 4 rings (SSSR count). The van der Waals surface area contributed by atoms with Gasteiger partial charge in [0.2, 0.25) is 10.0 Å². The topological polar surface area (TPSA) is 114 Å². The Hall–Kier alpha value is -3.21. The van der Waals surface area contributed by atoms with Gasteiger partial charge in [-0.3, -0.25) is 9.78 Å². The number of aromatic amines is 1. The molecule has 1 aliphatic rings. The van der Waals surface area contributed by atoms with E-state index in [1.54, 1.807) is 6.20 Å². The van der Waals surface area contributed by atoms with Crippen LogP contribution in [-0.4, -0.2) is 54.9 Å². The van der Waals surface area contributed by atoms with Gasteiger partial charge in [0, 0.05) is 25.5 Å². The Morgan fingerprint density at radius 3 is 2.79 bits per heavy atom. The first-order valence-electron chi connectivity index (χ1n) is 10.6. The van der Waals surface area contributed by atoms with Gasteiger partial charge in [0.25, 0.3) is 5.91 Å². The monoisotopic (exact) mass is 470 g/mol. The predicted molar refractivity (Wildman–Crippen MR) is 121 cm³/mol. The van der Waals surface area contributed by atoms with Crippen molar-refractivity contribution in [3.63, 3.8) is 0 Å². The summed E-state index contributed by atoms with van der Waals surface area (Å²) in [6.07, 6.45) is 3.06. The van der Waals surface area contributed by atoms with Crippen molar-refractivity contribution in [2.75, 3.05) is 26.3 Å². The molecule has 33 heavy (non-hydrogen) atoms. The zero-order valence-corrected chi connectivity index (χ0v) is 19.0. The van der Waals surface area contributed by atoms with Crippen LogP contribution in [0.15, 0.2) is 65.8 Å². The summed E-state index contributed by atoms with van der Waals surface area (Å²) < 4.78 is 37.9. The first-order valence-corrected chi connectivity index (χ1v) is 12.1. The third-order valence-electron chi connectivity index (χ3n) is 5.33. The van der Waals surface area contributed by atoms with E-state index in [2.05, 4.69) is 15.3 Å². The molecule has 2 N–H and O–H groups in total. The molecule has 1 fully saturated rings. The van der Waals surface area contributed by atoms with Crippen LogP contribution in [0.1, 0.15) is 34.7 Å². The molecular weight excluding hydrogens is 444 g/mol. The van der Waals surface area contributed by atoms with Crippen molar-refractivity contribution < 1.29 is 22.7 Å². The predicted octanol–water partition coefficient (Wildman–Crippen LogP) is 2.50. The molecular formula is C23H26N4O5S. The summed E-state index contributed by atoms with van der Waals surface area (Å²) in [5.41, 5.74) is 1.85. The van der Waals surface area contributed by atoms with Crippen molar-refractivity contribution in [1.29, 1.82) is 0 Å². The van der Waals surface area contributed by atoms with Crippen LogP contribution in [0.3, 0.4) is 0 Å². The van der Waals surface area contributed by atoms with E-state index < -0.39 is 15.9 Å². The molecule has 0 radical (unpaired) electrons. The Morgan fingerprint density at radius 1 is 1.21 bits per heavy atom. The van der Waals surface area contributed by atoms with Gasteiger partial charge in [-0.2, -0.15) is 4.31 Å². The average molecular weight is 471 g/mol. The maximum absolute atomic E-state index is 12.8. The summed E-state index contributed by atoms with van der Waals surface area (Å²) >= 11 is 0. The Kier molecular flexibility index (Phi) is 7.07. The standard InChI is InChI=1S/C23H26N4O5S/c1-17(18-5-4-7-20(13-18)32-16-19-6-2-3-8-24-19)26-23(28)22-14-21(15-25-22)33(29,30)27-9-11-31-12-10-27/h2-8,13-15,17,25H,9-12,16H2,1H3,(H,26,28). The largest absolute Gasteiger partial charge is 0.487 e. The fraction of sp³-hybridized carbons (Fsp3) is 0.304. The zero-order valence-electron chi connectivity index (χ0n) is 18.2. The minimum atomic E-state index is -3.67. The molecule has 1 aliphatic heterocycles. The van der Waals surface area contributed by atoms with Gasteiger partial charge in [0.1, 0.15) is 22.9 Å². The first-order chi connectivity index (χ1) is 15.9. The molecule has 0 bridgehead atoms. The molecule has 1 aromatic carbocycles. The molecule has 1 unspecified atom stereocenters. The number of amides is 1. The lowest BCUT2D eigenvalue weighted by molar-refractivity contribution is 0.0730. The van der Waals surface area contributed by atoms with Gasteiger partial charge < -0.3 is 19.8 Å². The highest BCUT2D eigenvalue weighted by Gasteiger charge is 2.28. The van der Waals surface area contributed by atoms with Crippen molar-refractivity contribution in [2.45, 2.75) is 24.5 Å². The summed E-state index contributed by atoms with van der Waals surface area (Å²) in [5.74, 6) is 0.267. The van der Waals surface area contributed by atoms with Crippen LogP contribution >= 0.6 is 0 Å². The molecule has 9 nitrogen and oxygen atoms in total. The number of morpholine rings is 1.